The molecule has 3 amide bonds. The first-order chi connectivity index (χ1) is 14.2. The van der Waals surface area contributed by atoms with Gasteiger partial charge in [0.2, 0.25) is 10.0 Å². The SMILES string of the molecule is CC(C)CNC(=O)NC(=O)COC(=O)CNS(=O)(=O)c1ccc2c(c1)OCCCO2. The third-order valence-electron chi connectivity index (χ3n) is 3.72. The molecule has 0 aliphatic carbocycles. The molecule has 0 saturated carbocycles. The molecule has 0 unspecified atom stereocenters. The molecule has 12 heteroatoms. The van der Waals surface area contributed by atoms with Crippen molar-refractivity contribution in [1.29, 1.82) is 0 Å². The Labute approximate surface area is 174 Å². The van der Waals surface area contributed by atoms with Crippen LogP contribution < -0.4 is 24.8 Å². The number of hydrogen-bond donors (Lipinski definition) is 3. The number of fused-ring (bicyclic) bond motifs is 1. The number of ether oxygens (including phenoxy) is 3. The first kappa shape index (κ1) is 23.4. The lowest BCUT2D eigenvalue weighted by atomic mass is 10.2. The minimum Gasteiger partial charge on any atom is -0.490 e. The molecule has 1 aliphatic rings. The van der Waals surface area contributed by atoms with Gasteiger partial charge in [0.15, 0.2) is 18.1 Å². The summed E-state index contributed by atoms with van der Waals surface area (Å²) in [6.07, 6.45) is 0.674. The van der Waals surface area contributed by atoms with Crippen molar-refractivity contribution in [2.24, 2.45) is 5.92 Å². The van der Waals surface area contributed by atoms with Crippen LogP contribution in [0.4, 0.5) is 4.79 Å². The van der Waals surface area contributed by atoms with Crippen LogP contribution in [0, 0.1) is 5.92 Å². The zero-order valence-electron chi connectivity index (χ0n) is 16.7. The third kappa shape index (κ3) is 7.52. The summed E-state index contributed by atoms with van der Waals surface area (Å²) in [5.74, 6) is -0.879. The van der Waals surface area contributed by atoms with Gasteiger partial charge in [0.25, 0.3) is 5.91 Å². The molecule has 2 rings (SSSR count). The number of carbonyl (C=O) groups is 3. The van der Waals surface area contributed by atoms with Gasteiger partial charge in [0.1, 0.15) is 6.54 Å². The highest BCUT2D eigenvalue weighted by atomic mass is 32.2. The van der Waals surface area contributed by atoms with Crippen LogP contribution in [0.5, 0.6) is 11.5 Å². The van der Waals surface area contributed by atoms with Gasteiger partial charge in [-0.15, -0.1) is 0 Å². The monoisotopic (exact) mass is 443 g/mol. The molecule has 11 nitrogen and oxygen atoms in total. The average molecular weight is 443 g/mol. The highest BCUT2D eigenvalue weighted by molar-refractivity contribution is 7.89. The summed E-state index contributed by atoms with van der Waals surface area (Å²) in [4.78, 5) is 34.6. The summed E-state index contributed by atoms with van der Waals surface area (Å²) >= 11 is 0. The van der Waals surface area contributed by atoms with Gasteiger partial charge in [-0.1, -0.05) is 13.8 Å². The number of imide groups is 1. The van der Waals surface area contributed by atoms with Crippen molar-refractivity contribution in [1.82, 2.24) is 15.4 Å². The molecule has 0 fully saturated rings. The van der Waals surface area contributed by atoms with Crippen LogP contribution >= 0.6 is 0 Å². The van der Waals surface area contributed by atoms with Gasteiger partial charge in [0, 0.05) is 19.0 Å². The van der Waals surface area contributed by atoms with Crippen molar-refractivity contribution in [2.75, 3.05) is 32.9 Å². The Morgan fingerprint density at radius 3 is 2.53 bits per heavy atom. The predicted molar refractivity (Wildman–Crippen MR) is 105 cm³/mol. The van der Waals surface area contributed by atoms with Crippen molar-refractivity contribution >= 4 is 27.9 Å². The minimum absolute atomic E-state index is 0.112. The first-order valence-corrected chi connectivity index (χ1v) is 10.8. The zero-order chi connectivity index (χ0) is 22.1. The highest BCUT2D eigenvalue weighted by Gasteiger charge is 2.20. The average Bonchev–Trinajstić information content (AvgIpc) is 2.94. The molecule has 0 atom stereocenters. The Hall–Kier alpha value is -2.86. The van der Waals surface area contributed by atoms with Crippen LogP contribution in [-0.2, 0) is 24.3 Å². The molecule has 0 radical (unpaired) electrons. The van der Waals surface area contributed by atoms with Gasteiger partial charge >= 0.3 is 12.0 Å². The Morgan fingerprint density at radius 1 is 1.13 bits per heavy atom. The van der Waals surface area contributed by atoms with Crippen molar-refractivity contribution in [3.8, 4) is 11.5 Å². The predicted octanol–water partition coefficient (Wildman–Crippen LogP) is 0.151. The van der Waals surface area contributed by atoms with Crippen LogP contribution in [0.25, 0.3) is 0 Å². The van der Waals surface area contributed by atoms with Crippen LogP contribution in [0.3, 0.4) is 0 Å². The first-order valence-electron chi connectivity index (χ1n) is 9.30. The molecule has 3 N–H and O–H groups in total. The standard InChI is InChI=1S/C18H25N3O8S/c1-12(2)9-19-18(24)21-16(22)11-29-17(23)10-20-30(25,26)13-4-5-14-15(8-13)28-7-3-6-27-14/h4-5,8,12,20H,3,6-7,9-11H2,1-2H3,(H2,19,21,22,24). The molecule has 1 aromatic rings. The molecule has 30 heavy (non-hydrogen) atoms. The number of esters is 1. The summed E-state index contributed by atoms with van der Waals surface area (Å²) in [5, 5.41) is 4.46. The van der Waals surface area contributed by atoms with E-state index in [1.165, 1.54) is 18.2 Å². The van der Waals surface area contributed by atoms with E-state index >= 15 is 0 Å². The lowest BCUT2D eigenvalue weighted by molar-refractivity contribution is -0.147. The molecule has 0 aromatic heterocycles. The smallest absolute Gasteiger partial charge is 0.321 e. The normalized spacial score (nSPS) is 13.3. The number of benzene rings is 1. The van der Waals surface area contributed by atoms with E-state index in [1.54, 1.807) is 0 Å². The molecule has 166 valence electrons. The molecular formula is C18H25N3O8S. The summed E-state index contributed by atoms with van der Waals surface area (Å²) in [6, 6.07) is 3.39. The fraction of sp³-hybridized carbons (Fsp3) is 0.500. The fourth-order valence-electron chi connectivity index (χ4n) is 2.25. The molecule has 0 bridgehead atoms. The molecule has 1 aromatic carbocycles. The highest BCUT2D eigenvalue weighted by Crippen LogP contribution is 2.31. The van der Waals surface area contributed by atoms with Gasteiger partial charge in [-0.2, -0.15) is 4.72 Å². The number of urea groups is 1. The van der Waals surface area contributed by atoms with Crippen molar-refractivity contribution in [3.05, 3.63) is 18.2 Å². The lowest BCUT2D eigenvalue weighted by Gasteiger charge is -2.11. The van der Waals surface area contributed by atoms with Crippen LogP contribution in [0.2, 0.25) is 0 Å². The summed E-state index contributed by atoms with van der Waals surface area (Å²) in [5.41, 5.74) is 0. The Morgan fingerprint density at radius 2 is 1.83 bits per heavy atom. The van der Waals surface area contributed by atoms with E-state index in [0.29, 0.717) is 37.7 Å². The minimum atomic E-state index is -4.02. The molecule has 0 spiro atoms. The summed E-state index contributed by atoms with van der Waals surface area (Å²) < 4.78 is 42.4. The second-order valence-corrected chi connectivity index (χ2v) is 8.56. The Kier molecular flexibility index (Phi) is 8.42. The number of sulfonamides is 1. The summed E-state index contributed by atoms with van der Waals surface area (Å²) in [7, 11) is -4.02. The number of hydrogen-bond acceptors (Lipinski definition) is 8. The van der Waals surface area contributed by atoms with Gasteiger partial charge in [-0.3, -0.25) is 14.9 Å². The van der Waals surface area contributed by atoms with E-state index in [9.17, 15) is 22.8 Å². The molecule has 0 saturated heterocycles. The maximum atomic E-state index is 12.4. The maximum absolute atomic E-state index is 12.4. The van der Waals surface area contributed by atoms with Gasteiger partial charge in [-0.25, -0.2) is 13.2 Å². The maximum Gasteiger partial charge on any atom is 0.321 e. The zero-order valence-corrected chi connectivity index (χ0v) is 17.5. The number of carbonyl (C=O) groups excluding carboxylic acids is 3. The van der Waals surface area contributed by atoms with Crippen LogP contribution in [0.1, 0.15) is 20.3 Å². The lowest BCUT2D eigenvalue weighted by Crippen LogP contribution is -2.43. The van der Waals surface area contributed by atoms with E-state index in [0.717, 1.165) is 0 Å². The van der Waals surface area contributed by atoms with Gasteiger partial charge in [0.05, 0.1) is 18.1 Å². The van der Waals surface area contributed by atoms with Crippen LogP contribution in [-0.4, -0.2) is 59.2 Å². The van der Waals surface area contributed by atoms with E-state index in [2.05, 4.69) is 14.8 Å². The fourth-order valence-corrected chi connectivity index (χ4v) is 3.23. The van der Waals surface area contributed by atoms with E-state index in [4.69, 9.17) is 9.47 Å². The van der Waals surface area contributed by atoms with E-state index in [-0.39, 0.29) is 10.8 Å². The number of nitrogens with one attached hydrogen (secondary N) is 3. The van der Waals surface area contributed by atoms with Crippen LogP contribution in [0.15, 0.2) is 23.1 Å². The van der Waals surface area contributed by atoms with Gasteiger partial charge < -0.3 is 19.5 Å². The topological polar surface area (TPSA) is 149 Å². The number of rotatable bonds is 8. The molecule has 1 heterocycles. The Balaban J connectivity index is 1.80. The van der Waals surface area contributed by atoms with E-state index in [1.807, 2.05) is 19.2 Å². The molecule has 1 aliphatic heterocycles. The second kappa shape index (κ2) is 10.8. The quantitative estimate of drug-likeness (QED) is 0.481. The van der Waals surface area contributed by atoms with E-state index < -0.39 is 41.1 Å². The third-order valence-corrected chi connectivity index (χ3v) is 5.12. The Bertz CT molecular complexity index is 885. The van der Waals surface area contributed by atoms with Crippen molar-refractivity contribution in [3.63, 3.8) is 0 Å². The summed E-state index contributed by atoms with van der Waals surface area (Å²) in [6.45, 7) is 3.60. The number of amides is 3. The van der Waals surface area contributed by atoms with Gasteiger partial charge in [-0.05, 0) is 18.1 Å². The largest absolute Gasteiger partial charge is 0.490 e. The second-order valence-electron chi connectivity index (χ2n) is 6.80. The van der Waals surface area contributed by atoms with Crippen molar-refractivity contribution < 1.29 is 37.0 Å². The molecular weight excluding hydrogens is 418 g/mol. The van der Waals surface area contributed by atoms with Crippen molar-refractivity contribution in [2.45, 2.75) is 25.2 Å².